The summed E-state index contributed by atoms with van der Waals surface area (Å²) in [5.41, 5.74) is 1.54. The third-order valence-corrected chi connectivity index (χ3v) is 0.378. The van der Waals surface area contributed by atoms with Gasteiger partial charge in [0.15, 0.2) is 0 Å². The third-order valence-electron chi connectivity index (χ3n) is 0.126. The van der Waals surface area contributed by atoms with E-state index in [0.717, 1.165) is 0 Å². The average Bonchev–Trinajstić information content (AvgIpc) is 1.37. The molecule has 0 unspecified atom stereocenters. The summed E-state index contributed by atoms with van der Waals surface area (Å²) in [6.07, 6.45) is 0. The lowest BCUT2D eigenvalue weighted by Gasteiger charge is -1.44. The molecule has 0 aromatic carbocycles. The first kappa shape index (κ1) is 4.02. The van der Waals surface area contributed by atoms with Crippen molar-refractivity contribution in [3.05, 3.63) is 0 Å². The summed E-state index contributed by atoms with van der Waals surface area (Å²) < 4.78 is 10.8. The van der Waals surface area contributed by atoms with E-state index in [4.69, 9.17) is 0 Å². The molecule has 0 amide bonds. The minimum absolute atomic E-state index is 0.843. The fourth-order valence-corrected chi connectivity index (χ4v) is 0. The maximum atomic E-state index is 10.8. The van der Waals surface area contributed by atoms with Gasteiger partial charge in [-0.1, -0.05) is 5.67 Å². The van der Waals surface area contributed by atoms with Crippen LogP contribution in [0.2, 0.25) is 0 Å². The van der Waals surface area contributed by atoms with Gasteiger partial charge >= 0.3 is 0 Å². The summed E-state index contributed by atoms with van der Waals surface area (Å²) in [6.45, 7) is 1.72. The molecule has 0 radical (unpaired) electrons. The van der Waals surface area contributed by atoms with Gasteiger partial charge in [-0.25, -0.2) is 0 Å². The fraction of sp³-hybridized carbons (Fsp3) is 0.500. The van der Waals surface area contributed by atoms with Crippen LogP contribution in [0.15, 0.2) is 0 Å². The highest BCUT2D eigenvalue weighted by molar-refractivity contribution is 6.39. The molecule has 0 atom stereocenters. The van der Waals surface area contributed by atoms with Gasteiger partial charge in [-0.3, -0.25) is 4.11 Å². The Morgan fingerprint density at radius 3 is 2.25 bits per heavy atom. The molecule has 0 aliphatic rings. The summed E-state index contributed by atoms with van der Waals surface area (Å²) in [4.78, 5) is 0. The molecule has 0 aromatic rings. The zero-order chi connectivity index (χ0) is 3.41. The van der Waals surface area contributed by atoms with Crippen molar-refractivity contribution < 1.29 is 4.11 Å². The topological polar surface area (TPSA) is 0 Å². The normalized spacial score (nSPS) is 9.50. The first-order chi connectivity index (χ1) is 1.91. The number of halogens is 1. The second kappa shape index (κ2) is 3.02. The van der Waals surface area contributed by atoms with E-state index in [-0.39, 0.29) is 0 Å². The van der Waals surface area contributed by atoms with E-state index >= 15 is 0 Å². The molecule has 0 spiro atoms. The minimum atomic E-state index is -0.843. The Kier molecular flexibility index (Phi) is 3.03. The van der Waals surface area contributed by atoms with Gasteiger partial charge < -0.3 is 0 Å². The van der Waals surface area contributed by atoms with Crippen LogP contribution in [0.4, 0.5) is 4.11 Å². The van der Waals surface area contributed by atoms with Crippen molar-refractivity contribution in [2.24, 2.45) is 0 Å². The van der Waals surface area contributed by atoms with Gasteiger partial charge in [0.2, 0.25) is 9.47 Å². The molecule has 0 aliphatic heterocycles. The Hall–Kier alpha value is 0.0169. The Balaban J connectivity index is 2.55. The first-order valence-corrected chi connectivity index (χ1v) is 2.23. The second-order valence-corrected chi connectivity index (χ2v) is 1.38. The zero-order valence-corrected chi connectivity index (χ0v) is 3.69. The van der Waals surface area contributed by atoms with Crippen molar-refractivity contribution in [1.82, 2.24) is 0 Å². The van der Waals surface area contributed by atoms with E-state index in [1.165, 1.54) is 0 Å². The quantitative estimate of drug-likeness (QED) is 0.284. The summed E-state index contributed by atoms with van der Waals surface area (Å²) in [5, 5.41) is 0. The molecule has 0 saturated carbocycles. The lowest BCUT2D eigenvalue weighted by Crippen LogP contribution is -1.58. The van der Waals surface area contributed by atoms with Gasteiger partial charge in [-0.15, -0.1) is 0 Å². The van der Waals surface area contributed by atoms with E-state index in [0.29, 0.717) is 0 Å². The van der Waals surface area contributed by atoms with Crippen molar-refractivity contribution in [3.8, 4) is 0 Å². The standard InChI is InChI=1S/C2H5FSi/c1-2-4-3/h2,4H,1H3. The summed E-state index contributed by atoms with van der Waals surface area (Å²) in [6, 6.07) is 0. The lowest BCUT2D eigenvalue weighted by atomic mass is 11.0. The maximum Gasteiger partial charge on any atom is 0.210 e. The Bertz CT molecular complexity index is 21.2. The molecule has 0 N–H and O–H groups in total. The molecule has 0 heterocycles. The van der Waals surface area contributed by atoms with Crippen LogP contribution >= 0.6 is 0 Å². The SMILES string of the molecule is CC=[SiH]F. The molecule has 4 heavy (non-hydrogen) atoms. The first-order valence-electron chi connectivity index (χ1n) is 1.13. The predicted molar refractivity (Wildman–Crippen MR) is 20.0 cm³/mol. The van der Waals surface area contributed by atoms with Gasteiger partial charge in [-0.2, -0.15) is 0 Å². The van der Waals surface area contributed by atoms with E-state index in [1.54, 1.807) is 12.6 Å². The van der Waals surface area contributed by atoms with Crippen LogP contribution in [0.1, 0.15) is 6.92 Å². The molecule has 0 aliphatic carbocycles. The number of hydrogen-bond donors (Lipinski definition) is 0. The van der Waals surface area contributed by atoms with Gasteiger partial charge in [0, 0.05) is 0 Å². The Labute approximate surface area is 27.3 Å². The van der Waals surface area contributed by atoms with Crippen LogP contribution in [0, 0.1) is 0 Å². The Morgan fingerprint density at radius 2 is 2.25 bits per heavy atom. The highest BCUT2D eigenvalue weighted by Gasteiger charge is 1.42. The van der Waals surface area contributed by atoms with Crippen molar-refractivity contribution in [1.29, 1.82) is 0 Å². The van der Waals surface area contributed by atoms with E-state index in [1.807, 2.05) is 0 Å². The molecule has 0 rings (SSSR count). The van der Waals surface area contributed by atoms with E-state index in [9.17, 15) is 4.11 Å². The molecule has 0 bridgehead atoms. The van der Waals surface area contributed by atoms with Crippen molar-refractivity contribution >= 4 is 15.1 Å². The van der Waals surface area contributed by atoms with E-state index < -0.39 is 9.47 Å². The van der Waals surface area contributed by atoms with E-state index in [2.05, 4.69) is 0 Å². The molecule has 0 saturated heterocycles. The molecule has 24 valence electrons. The van der Waals surface area contributed by atoms with Crippen molar-refractivity contribution in [2.75, 3.05) is 0 Å². The Morgan fingerprint density at radius 1 is 2.00 bits per heavy atom. The summed E-state index contributed by atoms with van der Waals surface area (Å²) >= 11 is 0. The van der Waals surface area contributed by atoms with Crippen LogP contribution in [0.25, 0.3) is 0 Å². The highest BCUT2D eigenvalue weighted by atomic mass is 28.2. The highest BCUT2D eigenvalue weighted by Crippen LogP contribution is 1.34. The van der Waals surface area contributed by atoms with Gasteiger partial charge in [-0.05, 0) is 6.92 Å². The second-order valence-electron chi connectivity index (χ2n) is 0.459. The average molecular weight is 76.1 g/mol. The minimum Gasteiger partial charge on any atom is -0.288 e. The smallest absolute Gasteiger partial charge is 0.210 e. The van der Waals surface area contributed by atoms with Crippen molar-refractivity contribution in [2.45, 2.75) is 6.92 Å². The van der Waals surface area contributed by atoms with Crippen LogP contribution in [0.5, 0.6) is 0 Å². The van der Waals surface area contributed by atoms with Crippen LogP contribution in [-0.4, -0.2) is 15.1 Å². The molecule has 0 nitrogen and oxygen atoms in total. The van der Waals surface area contributed by atoms with Crippen LogP contribution < -0.4 is 0 Å². The third kappa shape index (κ3) is 2.02. The predicted octanol–water partition coefficient (Wildman–Crippen LogP) is 0.130. The molecule has 0 fully saturated rings. The largest absolute Gasteiger partial charge is 0.288 e. The van der Waals surface area contributed by atoms with Crippen LogP contribution in [0.3, 0.4) is 0 Å². The van der Waals surface area contributed by atoms with Crippen molar-refractivity contribution in [3.63, 3.8) is 0 Å². The number of hydrogen-bond acceptors (Lipinski definition) is 0. The molecule has 2 heteroatoms. The van der Waals surface area contributed by atoms with Gasteiger partial charge in [0.25, 0.3) is 0 Å². The van der Waals surface area contributed by atoms with Crippen LogP contribution in [-0.2, 0) is 0 Å². The zero-order valence-electron chi connectivity index (χ0n) is 2.53. The number of rotatable bonds is 0. The summed E-state index contributed by atoms with van der Waals surface area (Å²) in [5.74, 6) is 0. The molecule has 0 aromatic heterocycles. The molecular weight excluding hydrogens is 71.1 g/mol. The lowest BCUT2D eigenvalue weighted by molar-refractivity contribution is 0.896. The fourth-order valence-electron chi connectivity index (χ4n) is 0. The monoisotopic (exact) mass is 76.0 g/mol. The molecular formula is C2H5FSi. The summed E-state index contributed by atoms with van der Waals surface area (Å²) in [7, 11) is -0.843. The maximum absolute atomic E-state index is 10.8. The van der Waals surface area contributed by atoms with Gasteiger partial charge in [0.05, 0.1) is 0 Å². The van der Waals surface area contributed by atoms with Gasteiger partial charge in [0.1, 0.15) is 0 Å².